The first-order valence-electron chi connectivity index (χ1n) is 17.7. The van der Waals surface area contributed by atoms with Crippen LogP contribution in [0.3, 0.4) is 0 Å². The van der Waals surface area contributed by atoms with Crippen LogP contribution >= 0.6 is 15.9 Å². The average molecular weight is 794 g/mol. The van der Waals surface area contributed by atoms with E-state index in [1.165, 1.54) is 16.9 Å². The van der Waals surface area contributed by atoms with Crippen molar-refractivity contribution in [1.82, 2.24) is 30.1 Å². The number of nitrogens with zero attached hydrogens (tertiary/aromatic N) is 5. The molecule has 6 rings (SSSR count). The molecule has 53 heavy (non-hydrogen) atoms. The van der Waals surface area contributed by atoms with Crippen LogP contribution in [0.25, 0.3) is 11.0 Å². The Balaban J connectivity index is 1.35. The fourth-order valence-corrected chi connectivity index (χ4v) is 8.98. The second-order valence-corrected chi connectivity index (χ2v) is 14.9. The molecule has 1 unspecified atom stereocenters. The minimum Gasteiger partial charge on any atom is -0.455 e. The summed E-state index contributed by atoms with van der Waals surface area (Å²) in [5.41, 5.74) is 0.564. The van der Waals surface area contributed by atoms with Gasteiger partial charge in [0.15, 0.2) is 0 Å². The maximum absolute atomic E-state index is 14.9. The lowest BCUT2D eigenvalue weighted by Crippen LogP contribution is -2.58. The fraction of sp³-hybridized carbons (Fsp3) is 0.474. The number of aliphatic hydroxyl groups excluding tert-OH is 1. The van der Waals surface area contributed by atoms with Crippen molar-refractivity contribution in [2.75, 3.05) is 26.9 Å². The van der Waals surface area contributed by atoms with Gasteiger partial charge < -0.3 is 34.4 Å². The Kier molecular flexibility index (Phi) is 11.8. The van der Waals surface area contributed by atoms with E-state index < -0.39 is 77.0 Å². The van der Waals surface area contributed by atoms with Gasteiger partial charge in [-0.15, -0.1) is 18.3 Å². The van der Waals surface area contributed by atoms with E-state index in [1.807, 2.05) is 30.3 Å². The molecule has 3 fully saturated rings. The van der Waals surface area contributed by atoms with Gasteiger partial charge in [0.25, 0.3) is 0 Å². The molecule has 0 radical (unpaired) electrons. The van der Waals surface area contributed by atoms with E-state index in [-0.39, 0.29) is 38.6 Å². The molecule has 2 bridgehead atoms. The molecule has 0 aliphatic carbocycles. The molecule has 1 aromatic heterocycles. The number of alkyl halides is 1. The van der Waals surface area contributed by atoms with Crippen molar-refractivity contribution in [2.24, 2.45) is 11.8 Å². The summed E-state index contributed by atoms with van der Waals surface area (Å²) in [5.74, 6) is -4.11. The number of hydrogen-bond acceptors (Lipinski definition) is 10. The summed E-state index contributed by atoms with van der Waals surface area (Å²) in [7, 11) is 1.49. The highest BCUT2D eigenvalue weighted by atomic mass is 79.9. The summed E-state index contributed by atoms with van der Waals surface area (Å²) in [6.45, 7) is 8.92. The van der Waals surface area contributed by atoms with Crippen LogP contribution < -0.4 is 5.32 Å². The maximum Gasteiger partial charge on any atom is 0.313 e. The van der Waals surface area contributed by atoms with Gasteiger partial charge in [-0.2, -0.15) is 0 Å². The Labute approximate surface area is 316 Å². The number of carbonyl (C=O) groups excluding carboxylic acids is 4. The lowest BCUT2D eigenvalue weighted by molar-refractivity contribution is -0.163. The summed E-state index contributed by atoms with van der Waals surface area (Å²) in [5, 5.41) is 21.8. The van der Waals surface area contributed by atoms with Crippen molar-refractivity contribution < 1.29 is 38.5 Å². The Bertz CT molecular complexity index is 1840. The van der Waals surface area contributed by atoms with Crippen molar-refractivity contribution in [3.8, 4) is 0 Å². The van der Waals surface area contributed by atoms with Gasteiger partial charge in [-0.1, -0.05) is 75.8 Å². The number of likely N-dealkylation sites (tertiary alicyclic amines) is 1. The monoisotopic (exact) mass is 792 g/mol. The van der Waals surface area contributed by atoms with E-state index in [4.69, 9.17) is 14.2 Å². The number of esters is 1. The Morgan fingerprint density at radius 3 is 2.60 bits per heavy atom. The smallest absolute Gasteiger partial charge is 0.313 e. The highest BCUT2D eigenvalue weighted by molar-refractivity contribution is 9.09. The molecule has 2 aromatic carbocycles. The molecule has 3 aromatic rings. The van der Waals surface area contributed by atoms with Gasteiger partial charge in [0.2, 0.25) is 17.7 Å². The van der Waals surface area contributed by atoms with Crippen LogP contribution in [0, 0.1) is 11.8 Å². The number of fused-ring (bicyclic) bond motifs is 2. The number of benzene rings is 2. The number of allylic oxidation sites excluding steroid dienone is 1. The van der Waals surface area contributed by atoms with Crippen molar-refractivity contribution >= 4 is 50.7 Å². The Hall–Kier alpha value is -4.44. The van der Waals surface area contributed by atoms with Crippen molar-refractivity contribution in [3.05, 3.63) is 85.5 Å². The predicted octanol–water partition coefficient (Wildman–Crippen LogP) is 2.91. The summed E-state index contributed by atoms with van der Waals surface area (Å²) in [4.78, 5) is 59.4. The van der Waals surface area contributed by atoms with E-state index in [1.54, 1.807) is 48.0 Å². The average Bonchev–Trinajstić information content (AvgIpc) is 3.89. The van der Waals surface area contributed by atoms with Gasteiger partial charge in [-0.05, 0) is 37.5 Å². The molecule has 15 heteroatoms. The predicted molar refractivity (Wildman–Crippen MR) is 197 cm³/mol. The van der Waals surface area contributed by atoms with Gasteiger partial charge >= 0.3 is 5.97 Å². The standard InChI is InChI=1S/C38H45BrN6O8/c1-5-7-17-29(47)40-27(21-51-4)32(24-13-9-8-10-14-24)52-37(50)30-31-35(48)45(23(3)20-46)34(38(31)19-25(39)33(30)53-38)36(49)43(18-6-2)22-44-28-16-12-11-15-26(28)41-42-44/h5-6,8-16,23,25,27,30-34,46H,1-2,7,17-22H2,3-4H3,(H,40,47)/t23-,25?,27+,30-,31+,32+,33-,34-,38+/m1/s1. The maximum atomic E-state index is 14.9. The first-order valence-corrected chi connectivity index (χ1v) is 18.6. The number of rotatable bonds is 17. The largest absolute Gasteiger partial charge is 0.455 e. The number of aliphatic hydroxyl groups is 1. The third-order valence-electron chi connectivity index (χ3n) is 10.4. The molecular weight excluding hydrogens is 748 g/mol. The molecular formula is C38H45BrN6O8. The fourth-order valence-electron chi connectivity index (χ4n) is 8.03. The zero-order valence-electron chi connectivity index (χ0n) is 29.8. The molecule has 1 spiro atoms. The van der Waals surface area contributed by atoms with Crippen LogP contribution in [-0.4, -0.2) is 115 Å². The molecule has 14 nitrogen and oxygen atoms in total. The third-order valence-corrected chi connectivity index (χ3v) is 11.2. The summed E-state index contributed by atoms with van der Waals surface area (Å²) in [6.07, 6.45) is 2.35. The zero-order chi connectivity index (χ0) is 37.9. The van der Waals surface area contributed by atoms with E-state index >= 15 is 0 Å². The lowest BCUT2D eigenvalue weighted by Gasteiger charge is -2.38. The first kappa shape index (κ1) is 38.3. The number of hydrogen-bond donors (Lipinski definition) is 2. The Morgan fingerprint density at radius 1 is 1.17 bits per heavy atom. The minimum absolute atomic E-state index is 0.00293. The second-order valence-electron chi connectivity index (χ2n) is 13.7. The second kappa shape index (κ2) is 16.3. The van der Waals surface area contributed by atoms with Gasteiger partial charge in [-0.25, -0.2) is 4.68 Å². The molecule has 3 aliphatic rings. The number of para-hydroxylation sites is 1. The van der Waals surface area contributed by atoms with Gasteiger partial charge in [-0.3, -0.25) is 19.2 Å². The number of ether oxygens (including phenoxy) is 3. The van der Waals surface area contributed by atoms with Crippen LogP contribution in [-0.2, 0) is 40.1 Å². The number of methoxy groups -OCH3 is 1. The molecule has 282 valence electrons. The number of nitrogens with one attached hydrogen (secondary N) is 1. The molecule has 3 saturated heterocycles. The molecule has 3 aliphatic heterocycles. The Morgan fingerprint density at radius 2 is 1.91 bits per heavy atom. The quantitative estimate of drug-likeness (QED) is 0.118. The van der Waals surface area contributed by atoms with Crippen LogP contribution in [0.2, 0.25) is 0 Å². The number of halogens is 1. The van der Waals surface area contributed by atoms with Crippen molar-refractivity contribution in [1.29, 1.82) is 0 Å². The first-order chi connectivity index (χ1) is 25.6. The topological polar surface area (TPSA) is 165 Å². The molecule has 0 saturated carbocycles. The zero-order valence-corrected chi connectivity index (χ0v) is 31.3. The van der Waals surface area contributed by atoms with Crippen LogP contribution in [0.5, 0.6) is 0 Å². The molecule has 4 heterocycles. The van der Waals surface area contributed by atoms with Gasteiger partial charge in [0, 0.05) is 24.9 Å². The van der Waals surface area contributed by atoms with Crippen molar-refractivity contribution in [3.63, 3.8) is 0 Å². The lowest BCUT2D eigenvalue weighted by atomic mass is 9.70. The highest BCUT2D eigenvalue weighted by Gasteiger charge is 2.77. The molecule has 2 N–H and O–H groups in total. The minimum atomic E-state index is -1.42. The van der Waals surface area contributed by atoms with Crippen LogP contribution in [0.15, 0.2) is 79.9 Å². The van der Waals surface area contributed by atoms with Gasteiger partial charge in [0.05, 0.1) is 48.8 Å². The molecule has 9 atom stereocenters. The van der Waals surface area contributed by atoms with Crippen LogP contribution in [0.1, 0.15) is 37.9 Å². The summed E-state index contributed by atoms with van der Waals surface area (Å²) in [6, 6.07) is 13.6. The van der Waals surface area contributed by atoms with Gasteiger partial charge in [0.1, 0.15) is 29.9 Å². The summed E-state index contributed by atoms with van der Waals surface area (Å²) < 4.78 is 20.1. The number of amides is 3. The highest BCUT2D eigenvalue weighted by Crippen LogP contribution is 2.61. The SMILES string of the molecule is C=CCCC(=O)N[C@@H](COC)[C@@H](OC(=O)[C@H]1[C@@H]2O[C@@]3(CC2Br)[C@@H]1C(=O)N([C@H](C)CO)[C@@H]3C(=O)N(CC=C)Cn1nnc2ccccc21)c1ccccc1. The van der Waals surface area contributed by atoms with E-state index in [9.17, 15) is 24.3 Å². The van der Waals surface area contributed by atoms with E-state index in [0.717, 1.165) is 0 Å². The van der Waals surface area contributed by atoms with Crippen molar-refractivity contribution in [2.45, 2.75) is 73.6 Å². The van der Waals surface area contributed by atoms with E-state index in [0.29, 0.717) is 23.0 Å². The third kappa shape index (κ3) is 7.14. The number of carbonyl (C=O) groups is 4. The normalized spacial score (nSPS) is 26.2. The summed E-state index contributed by atoms with van der Waals surface area (Å²) >= 11 is 3.71. The van der Waals surface area contributed by atoms with Crippen LogP contribution in [0.4, 0.5) is 0 Å². The van der Waals surface area contributed by atoms with E-state index in [2.05, 4.69) is 44.7 Å². The number of aromatic nitrogens is 3. The molecule has 3 amide bonds.